The molecular formula is C18H15N3O4. The molecule has 0 amide bonds. The predicted molar refractivity (Wildman–Crippen MR) is 89.3 cm³/mol. The average Bonchev–Trinajstić information content (AvgIpc) is 3.04. The zero-order valence-corrected chi connectivity index (χ0v) is 13.5. The molecule has 7 heteroatoms. The van der Waals surface area contributed by atoms with E-state index in [0.717, 1.165) is 11.1 Å². The van der Waals surface area contributed by atoms with E-state index in [0.29, 0.717) is 17.5 Å². The summed E-state index contributed by atoms with van der Waals surface area (Å²) >= 11 is 0. The van der Waals surface area contributed by atoms with Gasteiger partial charge in [-0.1, -0.05) is 11.7 Å². The molecule has 0 fully saturated rings. The summed E-state index contributed by atoms with van der Waals surface area (Å²) < 4.78 is 10.7. The molecule has 3 rings (SSSR count). The highest BCUT2D eigenvalue weighted by Gasteiger charge is 2.13. The van der Waals surface area contributed by atoms with Crippen LogP contribution in [0.15, 0.2) is 59.3 Å². The minimum atomic E-state index is -1.09. The molecule has 3 aromatic rings. The molecule has 25 heavy (non-hydrogen) atoms. The Morgan fingerprint density at radius 2 is 2.04 bits per heavy atom. The molecule has 1 N–H and O–H groups in total. The van der Waals surface area contributed by atoms with Gasteiger partial charge < -0.3 is 14.4 Å². The Kier molecular flexibility index (Phi) is 4.56. The molecule has 0 saturated heterocycles. The van der Waals surface area contributed by atoms with E-state index in [-0.39, 0.29) is 17.9 Å². The predicted octanol–water partition coefficient (Wildman–Crippen LogP) is 3.42. The molecule has 126 valence electrons. The lowest BCUT2D eigenvalue weighted by Crippen LogP contribution is -2.02. The Balaban J connectivity index is 1.71. The Morgan fingerprint density at radius 3 is 2.72 bits per heavy atom. The number of nitrogens with zero attached hydrogens (tertiary/aromatic N) is 3. The van der Waals surface area contributed by atoms with Crippen LogP contribution in [-0.2, 0) is 11.2 Å². The zero-order valence-electron chi connectivity index (χ0n) is 13.5. The van der Waals surface area contributed by atoms with Gasteiger partial charge in [0.25, 0.3) is 0 Å². The summed E-state index contributed by atoms with van der Waals surface area (Å²) in [6, 6.07) is 10.8. The number of carbonyl (C=O) groups is 1. The molecule has 0 atom stereocenters. The molecular weight excluding hydrogens is 322 g/mol. The fraction of sp³-hybridized carbons (Fsp3) is 0.111. The van der Waals surface area contributed by atoms with Crippen LogP contribution in [0.3, 0.4) is 0 Å². The van der Waals surface area contributed by atoms with Crippen molar-refractivity contribution >= 4 is 5.97 Å². The molecule has 1 aromatic carbocycles. The molecule has 0 unspecified atom stereocenters. The summed E-state index contributed by atoms with van der Waals surface area (Å²) in [7, 11) is 0. The third-order valence-electron chi connectivity index (χ3n) is 3.36. The molecule has 2 aromatic heterocycles. The second kappa shape index (κ2) is 6.96. The summed E-state index contributed by atoms with van der Waals surface area (Å²) in [6.45, 7) is 5.40. The van der Waals surface area contributed by atoms with E-state index in [1.807, 2.05) is 19.1 Å². The van der Waals surface area contributed by atoms with E-state index in [2.05, 4.69) is 21.7 Å². The Hall–Kier alpha value is -3.48. The Labute approximate surface area is 143 Å². The van der Waals surface area contributed by atoms with Crippen LogP contribution in [0.2, 0.25) is 0 Å². The molecule has 0 bridgehead atoms. The highest BCUT2D eigenvalue weighted by atomic mass is 16.5. The van der Waals surface area contributed by atoms with Crippen molar-refractivity contribution in [2.24, 2.45) is 0 Å². The SMILES string of the molecule is C=C(Cc1nc(-c2ccc(Oc3cc(C)ccn3)cc2)no1)C(=O)O. The van der Waals surface area contributed by atoms with Crippen molar-refractivity contribution in [3.63, 3.8) is 0 Å². The van der Waals surface area contributed by atoms with Gasteiger partial charge in [-0.15, -0.1) is 0 Å². The number of aryl methyl sites for hydroxylation is 1. The standard InChI is InChI=1S/C18H15N3O4/c1-11-7-8-19-15(9-11)24-14-5-3-13(4-6-14)17-20-16(25-21-17)10-12(2)18(22)23/h3-9H,2,10H2,1H3,(H,22,23). The first-order valence-electron chi connectivity index (χ1n) is 7.46. The van der Waals surface area contributed by atoms with Gasteiger partial charge in [0.15, 0.2) is 0 Å². The number of ether oxygens (including phenoxy) is 1. The molecule has 0 spiro atoms. The quantitative estimate of drug-likeness (QED) is 0.688. The maximum atomic E-state index is 10.8. The minimum Gasteiger partial charge on any atom is -0.478 e. The number of carboxylic acids is 1. The van der Waals surface area contributed by atoms with Crippen molar-refractivity contribution in [1.82, 2.24) is 15.1 Å². The van der Waals surface area contributed by atoms with E-state index < -0.39 is 5.97 Å². The normalized spacial score (nSPS) is 10.4. The largest absolute Gasteiger partial charge is 0.478 e. The second-order valence-electron chi connectivity index (χ2n) is 5.40. The van der Waals surface area contributed by atoms with Crippen molar-refractivity contribution in [2.45, 2.75) is 13.3 Å². The second-order valence-corrected chi connectivity index (χ2v) is 5.40. The number of hydrogen-bond acceptors (Lipinski definition) is 6. The smallest absolute Gasteiger partial charge is 0.331 e. The summed E-state index contributed by atoms with van der Waals surface area (Å²) in [5.74, 6) is 0.623. The van der Waals surface area contributed by atoms with Gasteiger partial charge in [0.2, 0.25) is 17.6 Å². The van der Waals surface area contributed by atoms with Gasteiger partial charge in [-0.25, -0.2) is 9.78 Å². The van der Waals surface area contributed by atoms with Crippen LogP contribution in [0.4, 0.5) is 0 Å². The number of pyridine rings is 1. The third kappa shape index (κ3) is 4.08. The van der Waals surface area contributed by atoms with Crippen LogP contribution in [-0.4, -0.2) is 26.2 Å². The van der Waals surface area contributed by atoms with Gasteiger partial charge in [-0.3, -0.25) is 0 Å². The molecule has 7 nitrogen and oxygen atoms in total. The van der Waals surface area contributed by atoms with Crippen LogP contribution >= 0.6 is 0 Å². The molecule has 0 aliphatic heterocycles. The monoisotopic (exact) mass is 337 g/mol. The number of hydrogen-bond donors (Lipinski definition) is 1. The fourth-order valence-electron chi connectivity index (χ4n) is 2.06. The lowest BCUT2D eigenvalue weighted by molar-refractivity contribution is -0.132. The lowest BCUT2D eigenvalue weighted by Gasteiger charge is -2.05. The highest BCUT2D eigenvalue weighted by molar-refractivity contribution is 5.86. The van der Waals surface area contributed by atoms with Crippen molar-refractivity contribution in [2.75, 3.05) is 0 Å². The van der Waals surface area contributed by atoms with Crippen molar-refractivity contribution in [3.8, 4) is 23.0 Å². The highest BCUT2D eigenvalue weighted by Crippen LogP contribution is 2.24. The van der Waals surface area contributed by atoms with Crippen LogP contribution in [0.25, 0.3) is 11.4 Å². The topological polar surface area (TPSA) is 98.3 Å². The Morgan fingerprint density at radius 1 is 1.28 bits per heavy atom. The van der Waals surface area contributed by atoms with E-state index in [4.69, 9.17) is 14.4 Å². The molecule has 0 aliphatic carbocycles. The number of aromatic nitrogens is 3. The minimum absolute atomic E-state index is 0.00254. The lowest BCUT2D eigenvalue weighted by atomic mass is 10.2. The van der Waals surface area contributed by atoms with Crippen LogP contribution in [0.5, 0.6) is 11.6 Å². The number of aliphatic carboxylic acids is 1. The maximum absolute atomic E-state index is 10.8. The van der Waals surface area contributed by atoms with E-state index in [1.165, 1.54) is 0 Å². The fourth-order valence-corrected chi connectivity index (χ4v) is 2.06. The summed E-state index contributed by atoms with van der Waals surface area (Å²) in [4.78, 5) is 19.1. The van der Waals surface area contributed by atoms with Gasteiger partial charge in [-0.2, -0.15) is 4.98 Å². The van der Waals surface area contributed by atoms with Gasteiger partial charge in [0.05, 0.1) is 6.42 Å². The first kappa shape index (κ1) is 16.4. The van der Waals surface area contributed by atoms with Gasteiger partial charge in [0.1, 0.15) is 5.75 Å². The average molecular weight is 337 g/mol. The van der Waals surface area contributed by atoms with E-state index in [1.54, 1.807) is 30.5 Å². The molecule has 0 aliphatic rings. The van der Waals surface area contributed by atoms with Crippen LogP contribution in [0.1, 0.15) is 11.5 Å². The van der Waals surface area contributed by atoms with E-state index in [9.17, 15) is 4.79 Å². The summed E-state index contributed by atoms with van der Waals surface area (Å²) in [6.07, 6.45) is 1.69. The summed E-state index contributed by atoms with van der Waals surface area (Å²) in [5, 5.41) is 12.7. The van der Waals surface area contributed by atoms with Crippen molar-refractivity contribution in [1.29, 1.82) is 0 Å². The van der Waals surface area contributed by atoms with Crippen molar-refractivity contribution < 1.29 is 19.2 Å². The van der Waals surface area contributed by atoms with Crippen molar-refractivity contribution in [3.05, 3.63) is 66.2 Å². The first-order valence-corrected chi connectivity index (χ1v) is 7.46. The van der Waals surface area contributed by atoms with Crippen LogP contribution in [0, 0.1) is 6.92 Å². The number of benzene rings is 1. The summed E-state index contributed by atoms with van der Waals surface area (Å²) in [5.41, 5.74) is 1.77. The zero-order chi connectivity index (χ0) is 17.8. The number of carboxylic acid groups (broad SMARTS) is 1. The van der Waals surface area contributed by atoms with Crippen LogP contribution < -0.4 is 4.74 Å². The third-order valence-corrected chi connectivity index (χ3v) is 3.36. The van der Waals surface area contributed by atoms with Gasteiger partial charge in [-0.05, 0) is 42.8 Å². The molecule has 2 heterocycles. The number of rotatable bonds is 6. The first-order chi connectivity index (χ1) is 12.0. The maximum Gasteiger partial charge on any atom is 0.331 e. The van der Waals surface area contributed by atoms with E-state index >= 15 is 0 Å². The molecule has 0 saturated carbocycles. The Bertz CT molecular complexity index is 916. The van der Waals surface area contributed by atoms with Gasteiger partial charge >= 0.3 is 5.97 Å². The van der Waals surface area contributed by atoms with Gasteiger partial charge in [0, 0.05) is 23.4 Å². The molecule has 0 radical (unpaired) electrons.